The molecule has 0 aromatic heterocycles. The fraction of sp³-hybridized carbons (Fsp3) is 0.292. The van der Waals surface area contributed by atoms with Crippen LogP contribution in [-0.4, -0.2) is 23.9 Å². The minimum Gasteiger partial charge on any atom is -0.326 e. The van der Waals surface area contributed by atoms with Crippen molar-refractivity contribution >= 4 is 22.4 Å². The maximum absolute atomic E-state index is 12.7. The van der Waals surface area contributed by atoms with Crippen LogP contribution in [-0.2, 0) is 11.3 Å². The van der Waals surface area contributed by atoms with Gasteiger partial charge in [-0.05, 0) is 54.8 Å². The lowest BCUT2D eigenvalue weighted by atomic mass is 9.96. The molecule has 0 bridgehead atoms. The van der Waals surface area contributed by atoms with E-state index in [1.165, 1.54) is 21.9 Å². The van der Waals surface area contributed by atoms with Gasteiger partial charge in [-0.1, -0.05) is 60.2 Å². The number of hydrogen-bond acceptors (Lipinski definition) is 2. The number of nitrogens with one attached hydrogen (secondary N) is 1. The molecule has 1 saturated heterocycles. The van der Waals surface area contributed by atoms with Crippen LogP contribution in [0.25, 0.3) is 10.8 Å². The summed E-state index contributed by atoms with van der Waals surface area (Å²) in [6.07, 6.45) is 2.03. The van der Waals surface area contributed by atoms with E-state index in [1.807, 2.05) is 24.3 Å². The topological polar surface area (TPSA) is 32.3 Å². The van der Waals surface area contributed by atoms with Crippen molar-refractivity contribution < 1.29 is 4.79 Å². The van der Waals surface area contributed by atoms with Gasteiger partial charge in [0.2, 0.25) is 5.91 Å². The van der Waals surface area contributed by atoms with Crippen LogP contribution in [0.1, 0.15) is 24.0 Å². The summed E-state index contributed by atoms with van der Waals surface area (Å²) < 4.78 is 0. The van der Waals surface area contributed by atoms with Crippen molar-refractivity contribution in [1.82, 2.24) is 4.90 Å². The molecule has 1 atom stereocenters. The molecule has 27 heavy (non-hydrogen) atoms. The average Bonchev–Trinajstić information content (AvgIpc) is 2.70. The SMILES string of the molecule is Cc1ccc(NC(=O)C2CCCN(Cc3cccc4ccccc34)C2)cc1. The van der Waals surface area contributed by atoms with Crippen molar-refractivity contribution in [3.8, 4) is 0 Å². The van der Waals surface area contributed by atoms with E-state index in [-0.39, 0.29) is 11.8 Å². The molecule has 0 saturated carbocycles. The fourth-order valence-corrected chi connectivity index (χ4v) is 3.97. The molecule has 3 aromatic rings. The monoisotopic (exact) mass is 358 g/mol. The third-order valence-corrected chi connectivity index (χ3v) is 5.47. The predicted octanol–water partition coefficient (Wildman–Crippen LogP) is 5.00. The van der Waals surface area contributed by atoms with Gasteiger partial charge in [-0.2, -0.15) is 0 Å². The van der Waals surface area contributed by atoms with E-state index >= 15 is 0 Å². The zero-order valence-corrected chi connectivity index (χ0v) is 15.8. The number of piperidine rings is 1. The highest BCUT2D eigenvalue weighted by Gasteiger charge is 2.26. The van der Waals surface area contributed by atoms with Crippen LogP contribution in [0.2, 0.25) is 0 Å². The maximum Gasteiger partial charge on any atom is 0.228 e. The molecule has 1 amide bonds. The first-order valence-electron chi connectivity index (χ1n) is 9.75. The Morgan fingerprint density at radius 1 is 1.04 bits per heavy atom. The van der Waals surface area contributed by atoms with Gasteiger partial charge in [0.05, 0.1) is 5.92 Å². The Kier molecular flexibility index (Phi) is 5.21. The lowest BCUT2D eigenvalue weighted by molar-refractivity contribution is -0.121. The van der Waals surface area contributed by atoms with Gasteiger partial charge in [0.1, 0.15) is 0 Å². The molecule has 0 aliphatic carbocycles. The molecule has 1 heterocycles. The number of hydrogen-bond donors (Lipinski definition) is 1. The molecule has 3 nitrogen and oxygen atoms in total. The number of aryl methyl sites for hydroxylation is 1. The van der Waals surface area contributed by atoms with E-state index in [0.29, 0.717) is 0 Å². The Labute approximate surface area is 161 Å². The molecule has 3 aromatic carbocycles. The molecule has 0 radical (unpaired) electrons. The summed E-state index contributed by atoms with van der Waals surface area (Å²) >= 11 is 0. The molecule has 3 heteroatoms. The molecule has 138 valence electrons. The number of carbonyl (C=O) groups is 1. The van der Waals surface area contributed by atoms with Gasteiger partial charge in [-0.25, -0.2) is 0 Å². The standard InChI is InChI=1S/C24H26N2O/c1-18-11-13-22(14-12-18)25-24(27)21-9-5-15-26(17-21)16-20-8-4-7-19-6-2-3-10-23(19)20/h2-4,6-8,10-14,21H,5,9,15-17H2,1H3,(H,25,27). The smallest absolute Gasteiger partial charge is 0.228 e. The first-order chi connectivity index (χ1) is 13.2. The lowest BCUT2D eigenvalue weighted by Crippen LogP contribution is -2.40. The number of benzene rings is 3. The normalized spacial score (nSPS) is 17.7. The van der Waals surface area contributed by atoms with E-state index in [4.69, 9.17) is 0 Å². The minimum atomic E-state index is 0.0510. The summed E-state index contributed by atoms with van der Waals surface area (Å²) in [5, 5.41) is 5.68. The quantitative estimate of drug-likeness (QED) is 0.712. The second-order valence-corrected chi connectivity index (χ2v) is 7.57. The molecular formula is C24H26N2O. The zero-order valence-electron chi connectivity index (χ0n) is 15.8. The number of likely N-dealkylation sites (tertiary alicyclic amines) is 1. The Morgan fingerprint density at radius 3 is 2.67 bits per heavy atom. The number of anilines is 1. The second kappa shape index (κ2) is 7.93. The van der Waals surface area contributed by atoms with Crippen LogP contribution in [0.5, 0.6) is 0 Å². The predicted molar refractivity (Wildman–Crippen MR) is 112 cm³/mol. The second-order valence-electron chi connectivity index (χ2n) is 7.57. The van der Waals surface area contributed by atoms with Crippen LogP contribution < -0.4 is 5.32 Å². The number of fused-ring (bicyclic) bond motifs is 1. The summed E-state index contributed by atoms with van der Waals surface area (Å²) in [4.78, 5) is 15.1. The minimum absolute atomic E-state index is 0.0510. The number of carbonyl (C=O) groups excluding carboxylic acids is 1. The van der Waals surface area contributed by atoms with Crippen molar-refractivity contribution in [2.45, 2.75) is 26.3 Å². The van der Waals surface area contributed by atoms with Gasteiger partial charge >= 0.3 is 0 Å². The molecule has 0 spiro atoms. The summed E-state index contributed by atoms with van der Waals surface area (Å²) in [5.74, 6) is 0.191. The Balaban J connectivity index is 1.43. The summed E-state index contributed by atoms with van der Waals surface area (Å²) in [6, 6.07) is 23.0. The van der Waals surface area contributed by atoms with Crippen LogP contribution in [0.15, 0.2) is 66.7 Å². The first kappa shape index (κ1) is 17.7. The highest BCUT2D eigenvalue weighted by Crippen LogP contribution is 2.24. The summed E-state index contributed by atoms with van der Waals surface area (Å²) in [6.45, 7) is 4.83. The molecular weight excluding hydrogens is 332 g/mol. The highest BCUT2D eigenvalue weighted by atomic mass is 16.1. The van der Waals surface area contributed by atoms with Crippen LogP contribution in [0.3, 0.4) is 0 Å². The van der Waals surface area contributed by atoms with Crippen molar-refractivity contribution in [2.75, 3.05) is 18.4 Å². The lowest BCUT2D eigenvalue weighted by Gasteiger charge is -2.32. The van der Waals surface area contributed by atoms with Gasteiger partial charge in [0, 0.05) is 18.8 Å². The largest absolute Gasteiger partial charge is 0.326 e. The Morgan fingerprint density at radius 2 is 1.81 bits per heavy atom. The molecule has 1 fully saturated rings. The van der Waals surface area contributed by atoms with Crippen molar-refractivity contribution in [1.29, 1.82) is 0 Å². The molecule has 1 aliphatic heterocycles. The van der Waals surface area contributed by atoms with Crippen LogP contribution >= 0.6 is 0 Å². The summed E-state index contributed by atoms with van der Waals surface area (Å²) in [7, 11) is 0. The van der Waals surface area contributed by atoms with Gasteiger partial charge in [0.15, 0.2) is 0 Å². The van der Waals surface area contributed by atoms with Crippen molar-refractivity contribution in [3.63, 3.8) is 0 Å². The van der Waals surface area contributed by atoms with E-state index < -0.39 is 0 Å². The number of amides is 1. The van der Waals surface area contributed by atoms with Crippen molar-refractivity contribution in [2.24, 2.45) is 5.92 Å². The maximum atomic E-state index is 12.7. The van der Waals surface area contributed by atoms with Gasteiger partial charge in [-0.3, -0.25) is 9.69 Å². The fourth-order valence-electron chi connectivity index (χ4n) is 3.97. The first-order valence-corrected chi connectivity index (χ1v) is 9.75. The Bertz CT molecular complexity index is 927. The van der Waals surface area contributed by atoms with Gasteiger partial charge in [0.25, 0.3) is 0 Å². The average molecular weight is 358 g/mol. The summed E-state index contributed by atoms with van der Waals surface area (Å²) in [5.41, 5.74) is 3.43. The van der Waals surface area contributed by atoms with Crippen LogP contribution in [0.4, 0.5) is 5.69 Å². The Hall–Kier alpha value is -2.65. The number of rotatable bonds is 4. The molecule has 1 unspecified atom stereocenters. The third kappa shape index (κ3) is 4.20. The van der Waals surface area contributed by atoms with Crippen LogP contribution in [0, 0.1) is 12.8 Å². The van der Waals surface area contributed by atoms with Gasteiger partial charge in [-0.15, -0.1) is 0 Å². The zero-order chi connectivity index (χ0) is 18.6. The number of nitrogens with zero attached hydrogens (tertiary/aromatic N) is 1. The highest BCUT2D eigenvalue weighted by molar-refractivity contribution is 5.92. The molecule has 1 aliphatic rings. The van der Waals surface area contributed by atoms with Gasteiger partial charge < -0.3 is 5.32 Å². The van der Waals surface area contributed by atoms with Crippen molar-refractivity contribution in [3.05, 3.63) is 77.9 Å². The van der Waals surface area contributed by atoms with E-state index in [9.17, 15) is 4.79 Å². The van der Waals surface area contributed by atoms with E-state index in [2.05, 4.69) is 59.6 Å². The third-order valence-electron chi connectivity index (χ3n) is 5.47. The molecule has 4 rings (SSSR count). The van der Waals surface area contributed by atoms with E-state index in [0.717, 1.165) is 38.2 Å². The molecule has 1 N–H and O–H groups in total. The van der Waals surface area contributed by atoms with E-state index in [1.54, 1.807) is 0 Å².